The molecular formula is C30H33N3O6. The van der Waals surface area contributed by atoms with Gasteiger partial charge in [-0.25, -0.2) is 4.79 Å². The van der Waals surface area contributed by atoms with Crippen LogP contribution >= 0.6 is 0 Å². The van der Waals surface area contributed by atoms with Crippen LogP contribution in [0.1, 0.15) is 42.9 Å². The smallest absolute Gasteiger partial charge is 0.323 e. The van der Waals surface area contributed by atoms with Gasteiger partial charge >= 0.3 is 6.03 Å². The third-order valence-corrected chi connectivity index (χ3v) is 7.20. The monoisotopic (exact) mass is 531 g/mol. The molecule has 3 amide bonds. The Morgan fingerprint density at radius 2 is 1.74 bits per heavy atom. The minimum atomic E-state index is -0.560. The van der Waals surface area contributed by atoms with E-state index in [-0.39, 0.29) is 49.1 Å². The van der Waals surface area contributed by atoms with E-state index >= 15 is 0 Å². The highest BCUT2D eigenvalue weighted by molar-refractivity contribution is 5.99. The van der Waals surface area contributed by atoms with Gasteiger partial charge in [0.25, 0.3) is 0 Å². The van der Waals surface area contributed by atoms with Gasteiger partial charge in [-0.15, -0.1) is 0 Å². The van der Waals surface area contributed by atoms with Crippen LogP contribution in [0.2, 0.25) is 0 Å². The Morgan fingerprint density at radius 1 is 1.03 bits per heavy atom. The zero-order valence-electron chi connectivity index (χ0n) is 21.9. The van der Waals surface area contributed by atoms with E-state index in [4.69, 9.17) is 14.2 Å². The van der Waals surface area contributed by atoms with Crippen molar-refractivity contribution in [2.75, 3.05) is 24.4 Å². The maximum absolute atomic E-state index is 12.8. The maximum atomic E-state index is 12.8. The van der Waals surface area contributed by atoms with Gasteiger partial charge in [0.1, 0.15) is 23.7 Å². The predicted octanol–water partition coefficient (Wildman–Crippen LogP) is 4.60. The summed E-state index contributed by atoms with van der Waals surface area (Å²) in [4.78, 5) is 25.4. The number of nitrogens with one attached hydrogen (secondary N) is 3. The molecule has 9 heteroatoms. The second-order valence-corrected chi connectivity index (χ2v) is 9.87. The lowest BCUT2D eigenvalue weighted by molar-refractivity contribution is -0.142. The Morgan fingerprint density at radius 3 is 2.46 bits per heavy atom. The van der Waals surface area contributed by atoms with Gasteiger partial charge in [0, 0.05) is 22.9 Å². The van der Waals surface area contributed by atoms with E-state index in [0.717, 1.165) is 11.1 Å². The molecule has 0 saturated carbocycles. The number of carbonyl (C=O) groups excluding carboxylic acids is 2. The third kappa shape index (κ3) is 6.16. The van der Waals surface area contributed by atoms with Crippen LogP contribution in [0.5, 0.6) is 11.5 Å². The van der Waals surface area contributed by atoms with Gasteiger partial charge in [0.2, 0.25) is 5.91 Å². The normalized spacial score (nSPS) is 22.0. The number of anilines is 2. The molecule has 39 heavy (non-hydrogen) atoms. The van der Waals surface area contributed by atoms with Crippen LogP contribution in [-0.4, -0.2) is 49.1 Å². The van der Waals surface area contributed by atoms with E-state index < -0.39 is 6.10 Å². The summed E-state index contributed by atoms with van der Waals surface area (Å²) < 4.78 is 17.4. The van der Waals surface area contributed by atoms with Gasteiger partial charge < -0.3 is 35.3 Å². The molecule has 4 N–H and O–H groups in total. The zero-order valence-corrected chi connectivity index (χ0v) is 21.9. The highest BCUT2D eigenvalue weighted by Crippen LogP contribution is 2.47. The Hall–Kier alpha value is -4.08. The largest absolute Gasteiger partial charge is 0.497 e. The first-order valence-electron chi connectivity index (χ1n) is 13.1. The molecule has 0 spiro atoms. The lowest BCUT2D eigenvalue weighted by Crippen LogP contribution is -2.47. The minimum absolute atomic E-state index is 0.0818. The molecule has 0 radical (unpaired) electrons. The van der Waals surface area contributed by atoms with E-state index in [1.807, 2.05) is 49.4 Å². The summed E-state index contributed by atoms with van der Waals surface area (Å²) in [6, 6.07) is 21.8. The highest BCUT2D eigenvalue weighted by atomic mass is 16.6. The van der Waals surface area contributed by atoms with Crippen LogP contribution < -0.4 is 25.4 Å². The van der Waals surface area contributed by atoms with Crippen molar-refractivity contribution >= 4 is 23.3 Å². The van der Waals surface area contributed by atoms with Crippen molar-refractivity contribution in [2.24, 2.45) is 0 Å². The number of aliphatic hydroxyl groups excluding tert-OH is 1. The molecule has 0 aliphatic carbocycles. The average Bonchev–Trinajstić information content (AvgIpc) is 3.31. The van der Waals surface area contributed by atoms with E-state index in [1.165, 1.54) is 0 Å². The fourth-order valence-corrected chi connectivity index (χ4v) is 5.27. The van der Waals surface area contributed by atoms with Crippen molar-refractivity contribution in [3.63, 3.8) is 0 Å². The minimum Gasteiger partial charge on any atom is -0.497 e. The number of aliphatic hydroxyl groups is 1. The number of urea groups is 1. The van der Waals surface area contributed by atoms with E-state index in [1.54, 1.807) is 37.4 Å². The molecule has 2 aliphatic rings. The van der Waals surface area contributed by atoms with E-state index in [2.05, 4.69) is 16.0 Å². The molecule has 0 bridgehead atoms. The zero-order chi connectivity index (χ0) is 27.4. The second-order valence-electron chi connectivity index (χ2n) is 9.87. The fourth-order valence-electron chi connectivity index (χ4n) is 5.27. The first-order chi connectivity index (χ1) is 18.9. The Kier molecular flexibility index (Phi) is 7.99. The number of carbonyl (C=O) groups is 2. The SMILES string of the molecule is COc1ccc(NC(=O)Nc2ccc3c(c2)[C@H]2C[C@@H](CC(=O)N[C@@H](C)c4ccccc4)O[C@H](CO)[C@H]2O3)cc1. The van der Waals surface area contributed by atoms with Gasteiger partial charge in [-0.3, -0.25) is 4.79 Å². The Balaban J connectivity index is 1.23. The molecule has 204 valence electrons. The Labute approximate surface area is 227 Å². The Bertz CT molecular complexity index is 1300. The molecule has 0 aromatic heterocycles. The molecule has 5 rings (SSSR count). The van der Waals surface area contributed by atoms with Crippen molar-refractivity contribution < 1.29 is 28.9 Å². The molecule has 2 aliphatic heterocycles. The van der Waals surface area contributed by atoms with Gasteiger partial charge in [0.15, 0.2) is 0 Å². The molecule has 1 fully saturated rings. The third-order valence-electron chi connectivity index (χ3n) is 7.20. The van der Waals surface area contributed by atoms with Crippen molar-refractivity contribution in [2.45, 2.75) is 50.0 Å². The van der Waals surface area contributed by atoms with Crippen LogP contribution in [0, 0.1) is 0 Å². The summed E-state index contributed by atoms with van der Waals surface area (Å²) >= 11 is 0. The molecular weight excluding hydrogens is 498 g/mol. The molecule has 5 atom stereocenters. The van der Waals surface area contributed by atoms with Crippen LogP contribution in [0.3, 0.4) is 0 Å². The summed E-state index contributed by atoms with van der Waals surface area (Å²) in [5, 5.41) is 18.7. The summed E-state index contributed by atoms with van der Waals surface area (Å²) in [7, 11) is 1.59. The predicted molar refractivity (Wildman–Crippen MR) is 147 cm³/mol. The van der Waals surface area contributed by atoms with Crippen molar-refractivity contribution in [3.8, 4) is 11.5 Å². The number of hydrogen-bond acceptors (Lipinski definition) is 6. The maximum Gasteiger partial charge on any atom is 0.323 e. The molecule has 1 saturated heterocycles. The lowest BCUT2D eigenvalue weighted by Gasteiger charge is -2.37. The summed E-state index contributed by atoms with van der Waals surface area (Å²) in [5.74, 6) is 1.20. The van der Waals surface area contributed by atoms with Crippen molar-refractivity contribution in [1.82, 2.24) is 5.32 Å². The average molecular weight is 532 g/mol. The highest BCUT2D eigenvalue weighted by Gasteiger charge is 2.46. The standard InChI is InChI=1S/C30H33N3O6/c1-18(19-6-4-3-5-7-19)31-28(35)16-23-15-25-24-14-21(10-13-26(24)39-29(25)27(17-34)38-23)33-30(36)32-20-8-11-22(37-2)12-9-20/h3-14,18,23,25,27,29,34H,15-17H2,1-2H3,(H,31,35)(H2,32,33,36)/t18-,23-,25+,27+,29-/m0/s1. The van der Waals surface area contributed by atoms with Gasteiger partial charge in [0.05, 0.1) is 32.3 Å². The number of hydrogen-bond donors (Lipinski definition) is 4. The molecule has 0 unspecified atom stereocenters. The lowest BCUT2D eigenvalue weighted by atomic mass is 9.84. The van der Waals surface area contributed by atoms with Gasteiger partial charge in [-0.05, 0) is 61.4 Å². The number of fused-ring (bicyclic) bond motifs is 3. The molecule has 9 nitrogen and oxygen atoms in total. The van der Waals surface area contributed by atoms with Crippen molar-refractivity contribution in [1.29, 1.82) is 0 Å². The quantitative estimate of drug-likeness (QED) is 0.337. The van der Waals surface area contributed by atoms with Crippen LogP contribution in [0.4, 0.5) is 16.2 Å². The molecule has 3 aromatic carbocycles. The number of rotatable bonds is 8. The summed E-state index contributed by atoms with van der Waals surface area (Å²) in [5.41, 5.74) is 3.20. The number of amides is 3. The fraction of sp³-hybridized carbons (Fsp3) is 0.333. The second kappa shape index (κ2) is 11.8. The first kappa shape index (κ1) is 26.5. The van der Waals surface area contributed by atoms with Crippen LogP contribution in [-0.2, 0) is 9.53 Å². The van der Waals surface area contributed by atoms with Crippen molar-refractivity contribution in [3.05, 3.63) is 83.9 Å². The molecule has 3 aromatic rings. The van der Waals surface area contributed by atoms with Gasteiger partial charge in [-0.1, -0.05) is 30.3 Å². The topological polar surface area (TPSA) is 118 Å². The first-order valence-corrected chi connectivity index (χ1v) is 13.1. The van der Waals surface area contributed by atoms with Crippen LogP contribution in [0.15, 0.2) is 72.8 Å². The number of benzene rings is 3. The van der Waals surface area contributed by atoms with E-state index in [0.29, 0.717) is 29.3 Å². The van der Waals surface area contributed by atoms with Gasteiger partial charge in [-0.2, -0.15) is 0 Å². The summed E-state index contributed by atoms with van der Waals surface area (Å²) in [6.07, 6.45) is -0.570. The van der Waals surface area contributed by atoms with Crippen LogP contribution in [0.25, 0.3) is 0 Å². The number of ether oxygens (including phenoxy) is 3. The van der Waals surface area contributed by atoms with E-state index in [9.17, 15) is 14.7 Å². The number of methoxy groups -OCH3 is 1. The summed E-state index contributed by atoms with van der Waals surface area (Å²) in [6.45, 7) is 1.73. The molecule has 2 heterocycles.